The summed E-state index contributed by atoms with van der Waals surface area (Å²) in [5.41, 5.74) is 2.20. The van der Waals surface area contributed by atoms with Crippen molar-refractivity contribution in [3.63, 3.8) is 0 Å². The van der Waals surface area contributed by atoms with Gasteiger partial charge in [-0.2, -0.15) is 0 Å². The fourth-order valence-electron chi connectivity index (χ4n) is 2.46. The lowest BCUT2D eigenvalue weighted by Gasteiger charge is -2.21. The Hall–Kier alpha value is -1.78. The molecule has 1 atom stereocenters. The van der Waals surface area contributed by atoms with Crippen LogP contribution < -0.4 is 10.6 Å². The Bertz CT molecular complexity index is 543. The van der Waals surface area contributed by atoms with Crippen LogP contribution >= 0.6 is 11.8 Å². The van der Waals surface area contributed by atoms with Gasteiger partial charge >= 0.3 is 0 Å². The largest absolute Gasteiger partial charge is 0.344 e. The van der Waals surface area contributed by atoms with Crippen LogP contribution in [0.15, 0.2) is 60.7 Å². The first kappa shape index (κ1) is 14.2. The Morgan fingerprint density at radius 2 is 1.62 bits per heavy atom. The van der Waals surface area contributed by atoms with E-state index >= 15 is 0 Å². The van der Waals surface area contributed by atoms with Gasteiger partial charge in [-0.25, -0.2) is 0 Å². The van der Waals surface area contributed by atoms with Crippen LogP contribution in [0.2, 0.25) is 0 Å². The maximum atomic E-state index is 12.4. The molecule has 3 nitrogen and oxygen atoms in total. The summed E-state index contributed by atoms with van der Waals surface area (Å²) in [5, 5.41) is 6.39. The molecule has 4 heteroatoms. The standard InChI is InChI=1S/C17H18N2OS/c20-17(15-11-21-12-18-15)19-16(13-7-3-1-4-8-13)14-9-5-2-6-10-14/h1-10,15-16,18H,11-12H2,(H,19,20). The van der Waals surface area contributed by atoms with Crippen LogP contribution in [0.5, 0.6) is 0 Å². The number of hydrogen-bond donors (Lipinski definition) is 2. The number of thioether (sulfide) groups is 1. The molecular formula is C17H18N2OS. The summed E-state index contributed by atoms with van der Waals surface area (Å²) in [6.07, 6.45) is 0. The summed E-state index contributed by atoms with van der Waals surface area (Å²) in [5.74, 6) is 1.75. The molecule has 0 bridgehead atoms. The molecule has 108 valence electrons. The fourth-order valence-corrected chi connectivity index (χ4v) is 3.40. The van der Waals surface area contributed by atoms with Crippen molar-refractivity contribution >= 4 is 17.7 Å². The van der Waals surface area contributed by atoms with E-state index in [0.29, 0.717) is 0 Å². The Morgan fingerprint density at radius 1 is 1.05 bits per heavy atom. The second kappa shape index (κ2) is 6.78. The lowest BCUT2D eigenvalue weighted by Crippen LogP contribution is -2.43. The van der Waals surface area contributed by atoms with Crippen molar-refractivity contribution in [1.29, 1.82) is 0 Å². The molecule has 2 aromatic carbocycles. The van der Waals surface area contributed by atoms with Gasteiger partial charge in [-0.3, -0.25) is 10.1 Å². The molecule has 0 saturated carbocycles. The number of amides is 1. The summed E-state index contributed by atoms with van der Waals surface area (Å²) >= 11 is 1.76. The van der Waals surface area contributed by atoms with Gasteiger partial charge < -0.3 is 5.32 Å². The first-order valence-electron chi connectivity index (χ1n) is 7.06. The molecule has 21 heavy (non-hydrogen) atoms. The molecule has 0 spiro atoms. The predicted molar refractivity (Wildman–Crippen MR) is 87.1 cm³/mol. The molecule has 2 aromatic rings. The van der Waals surface area contributed by atoms with Gasteiger partial charge in [0.15, 0.2) is 0 Å². The summed E-state index contributed by atoms with van der Waals surface area (Å²) in [6.45, 7) is 0. The van der Waals surface area contributed by atoms with Gasteiger partial charge in [-0.15, -0.1) is 11.8 Å². The van der Waals surface area contributed by atoms with Crippen molar-refractivity contribution in [2.75, 3.05) is 11.6 Å². The molecule has 3 rings (SSSR count). The highest BCUT2D eigenvalue weighted by Crippen LogP contribution is 2.22. The minimum atomic E-state index is -0.104. The van der Waals surface area contributed by atoms with Gasteiger partial charge in [-0.1, -0.05) is 60.7 Å². The van der Waals surface area contributed by atoms with Crippen molar-refractivity contribution < 1.29 is 4.79 Å². The first-order valence-corrected chi connectivity index (χ1v) is 8.21. The van der Waals surface area contributed by atoms with Gasteiger partial charge in [0.2, 0.25) is 5.91 Å². The van der Waals surface area contributed by atoms with E-state index < -0.39 is 0 Å². The van der Waals surface area contributed by atoms with E-state index in [1.165, 1.54) is 0 Å². The van der Waals surface area contributed by atoms with Gasteiger partial charge in [0, 0.05) is 11.6 Å². The lowest BCUT2D eigenvalue weighted by molar-refractivity contribution is -0.122. The highest BCUT2D eigenvalue weighted by Gasteiger charge is 2.25. The lowest BCUT2D eigenvalue weighted by atomic mass is 9.98. The predicted octanol–water partition coefficient (Wildman–Crippen LogP) is 2.55. The summed E-state index contributed by atoms with van der Waals surface area (Å²) < 4.78 is 0. The maximum Gasteiger partial charge on any atom is 0.238 e. The number of nitrogens with one attached hydrogen (secondary N) is 2. The van der Waals surface area contributed by atoms with E-state index in [1.807, 2.05) is 36.4 Å². The number of carbonyl (C=O) groups is 1. The third-order valence-electron chi connectivity index (χ3n) is 3.59. The number of carbonyl (C=O) groups excluding carboxylic acids is 1. The van der Waals surface area contributed by atoms with Crippen LogP contribution in [0, 0.1) is 0 Å². The average molecular weight is 298 g/mol. The van der Waals surface area contributed by atoms with E-state index in [0.717, 1.165) is 22.8 Å². The van der Waals surface area contributed by atoms with Crippen molar-refractivity contribution in [3.8, 4) is 0 Å². The van der Waals surface area contributed by atoms with Gasteiger partial charge in [0.05, 0.1) is 12.1 Å². The summed E-state index contributed by atoms with van der Waals surface area (Å²) in [6, 6.07) is 20.0. The van der Waals surface area contributed by atoms with Gasteiger partial charge in [-0.05, 0) is 11.1 Å². The fraction of sp³-hybridized carbons (Fsp3) is 0.235. The molecule has 2 N–H and O–H groups in total. The molecule has 1 saturated heterocycles. The Balaban J connectivity index is 1.84. The average Bonchev–Trinajstić information content (AvgIpc) is 3.09. The molecule has 0 aromatic heterocycles. The Kier molecular flexibility index (Phi) is 4.58. The van der Waals surface area contributed by atoms with Crippen LogP contribution in [-0.2, 0) is 4.79 Å². The maximum absolute atomic E-state index is 12.4. The monoisotopic (exact) mass is 298 g/mol. The minimum Gasteiger partial charge on any atom is -0.344 e. The summed E-state index contributed by atoms with van der Waals surface area (Å²) in [4.78, 5) is 12.4. The van der Waals surface area contributed by atoms with Crippen molar-refractivity contribution in [2.24, 2.45) is 0 Å². The third-order valence-corrected chi connectivity index (χ3v) is 4.53. The topological polar surface area (TPSA) is 41.1 Å². The zero-order valence-electron chi connectivity index (χ0n) is 11.7. The normalized spacial score (nSPS) is 17.9. The van der Waals surface area contributed by atoms with E-state index in [9.17, 15) is 4.79 Å². The highest BCUT2D eigenvalue weighted by molar-refractivity contribution is 7.99. The first-order chi connectivity index (χ1) is 10.3. The van der Waals surface area contributed by atoms with Crippen LogP contribution in [0.3, 0.4) is 0 Å². The molecule has 1 amide bonds. The molecule has 0 radical (unpaired) electrons. The second-order valence-electron chi connectivity index (χ2n) is 5.03. The van der Waals surface area contributed by atoms with Crippen molar-refractivity contribution in [1.82, 2.24) is 10.6 Å². The van der Waals surface area contributed by atoms with E-state index in [-0.39, 0.29) is 18.0 Å². The second-order valence-corrected chi connectivity index (χ2v) is 6.07. The molecule has 1 fully saturated rings. The third kappa shape index (κ3) is 3.46. The quantitative estimate of drug-likeness (QED) is 0.911. The number of hydrogen-bond acceptors (Lipinski definition) is 3. The molecule has 1 aliphatic rings. The van der Waals surface area contributed by atoms with Crippen molar-refractivity contribution in [3.05, 3.63) is 71.8 Å². The van der Waals surface area contributed by atoms with Crippen LogP contribution in [0.25, 0.3) is 0 Å². The Morgan fingerprint density at radius 3 is 2.10 bits per heavy atom. The SMILES string of the molecule is O=C(NC(c1ccccc1)c1ccccc1)C1CSCN1. The van der Waals surface area contributed by atoms with E-state index in [4.69, 9.17) is 0 Å². The molecule has 1 heterocycles. The molecule has 1 aliphatic heterocycles. The molecule has 0 aliphatic carbocycles. The van der Waals surface area contributed by atoms with Crippen LogP contribution in [0.1, 0.15) is 17.2 Å². The van der Waals surface area contributed by atoms with Crippen molar-refractivity contribution in [2.45, 2.75) is 12.1 Å². The van der Waals surface area contributed by atoms with Crippen LogP contribution in [0.4, 0.5) is 0 Å². The summed E-state index contributed by atoms with van der Waals surface area (Å²) in [7, 11) is 0. The molecule has 1 unspecified atom stereocenters. The van der Waals surface area contributed by atoms with Crippen LogP contribution in [-0.4, -0.2) is 23.6 Å². The number of benzene rings is 2. The zero-order valence-corrected chi connectivity index (χ0v) is 12.5. The minimum absolute atomic E-state index is 0.0673. The number of rotatable bonds is 4. The van der Waals surface area contributed by atoms with E-state index in [1.54, 1.807) is 11.8 Å². The van der Waals surface area contributed by atoms with Gasteiger partial charge in [0.1, 0.15) is 0 Å². The zero-order chi connectivity index (χ0) is 14.5. The molecular weight excluding hydrogens is 280 g/mol. The Labute approximate surface area is 129 Å². The highest BCUT2D eigenvalue weighted by atomic mass is 32.2. The smallest absolute Gasteiger partial charge is 0.238 e. The van der Waals surface area contributed by atoms with Gasteiger partial charge in [0.25, 0.3) is 0 Å². The van der Waals surface area contributed by atoms with E-state index in [2.05, 4.69) is 34.9 Å².